The molecule has 3 rings (SSSR count). The van der Waals surface area contributed by atoms with Crippen molar-refractivity contribution in [1.82, 2.24) is 35.6 Å². The molecule has 0 aliphatic carbocycles. The van der Waals surface area contributed by atoms with Crippen LogP contribution in [-0.2, 0) is 38.0 Å². The molecule has 0 aromatic carbocycles. The molecule has 3 aliphatic rings. The fourth-order valence-electron chi connectivity index (χ4n) is 6.02. The quantitative estimate of drug-likeness (QED) is 0.0343. The van der Waals surface area contributed by atoms with Crippen LogP contribution in [0.15, 0.2) is 12.3 Å². The van der Waals surface area contributed by atoms with Crippen molar-refractivity contribution < 1.29 is 53.3 Å². The summed E-state index contributed by atoms with van der Waals surface area (Å²) in [5, 5.41) is 35.2. The van der Waals surface area contributed by atoms with Crippen LogP contribution in [-0.4, -0.2) is 249 Å². The molecule has 0 unspecified atom stereocenters. The molecule has 3 saturated heterocycles. The van der Waals surface area contributed by atoms with Gasteiger partial charge in [0.15, 0.2) is 0 Å². The molecule has 512 valence electrons. The van der Waals surface area contributed by atoms with Gasteiger partial charge in [0.25, 0.3) is 0 Å². The van der Waals surface area contributed by atoms with Gasteiger partial charge in [-0.3, -0.25) is 24.3 Å². The van der Waals surface area contributed by atoms with E-state index >= 15 is 0 Å². The summed E-state index contributed by atoms with van der Waals surface area (Å²) in [6.07, 6.45) is 4.65. The predicted molar refractivity (Wildman–Crippen MR) is 357 cm³/mol. The highest BCUT2D eigenvalue weighted by molar-refractivity contribution is 5.75. The molecule has 0 radical (unpaired) electrons. The van der Waals surface area contributed by atoms with Gasteiger partial charge in [0.05, 0.1) is 94.5 Å². The van der Waals surface area contributed by atoms with E-state index in [9.17, 15) is 9.59 Å². The summed E-state index contributed by atoms with van der Waals surface area (Å²) in [5.41, 5.74) is 4.50. The first-order valence-electron chi connectivity index (χ1n) is 31.4. The smallest absolute Gasteiger partial charge is 0.319 e. The number of carbonyl (C=O) groups excluding carboxylic acids is 2. The van der Waals surface area contributed by atoms with Crippen molar-refractivity contribution in [2.75, 3.05) is 180 Å². The van der Waals surface area contributed by atoms with E-state index in [2.05, 4.69) is 148 Å². The van der Waals surface area contributed by atoms with Crippen LogP contribution in [0.4, 0.5) is 0 Å². The van der Waals surface area contributed by atoms with Gasteiger partial charge in [0.1, 0.15) is 0 Å². The summed E-state index contributed by atoms with van der Waals surface area (Å²) in [6.45, 7) is 64.0. The Bertz CT molecular complexity index is 1360. The average Bonchev–Trinajstić information content (AvgIpc) is 3.34. The van der Waals surface area contributed by atoms with Crippen molar-refractivity contribution in [3.05, 3.63) is 12.3 Å². The predicted octanol–water partition coefficient (Wildman–Crippen LogP) is 8.84. The van der Waals surface area contributed by atoms with Gasteiger partial charge in [0, 0.05) is 52.5 Å². The molecule has 19 nitrogen and oxygen atoms in total. The van der Waals surface area contributed by atoms with Crippen LogP contribution in [0, 0.1) is 29.6 Å². The van der Waals surface area contributed by atoms with E-state index in [0.717, 1.165) is 122 Å². The highest BCUT2D eigenvalue weighted by atomic mass is 16.5. The minimum Gasteiger partial charge on any atom is -0.512 e. The Morgan fingerprint density at radius 2 is 0.988 bits per heavy atom. The van der Waals surface area contributed by atoms with Gasteiger partial charge in [-0.2, -0.15) is 0 Å². The molecule has 0 atom stereocenters. The SMILES string of the molecule is C=C(O)CN(C)CCOC(C)(C)C.CC(C)(C)OCCN1CCOCC1.CC(C)C.CC(C)C.CC(C)C.CN1CCC(CO)CC1.CNCC(N)=O.CNCCOC(C)(C)C.COC(=O)CN(C)CCOC(C)(C)C.OCC1CCNCC1. The maximum absolute atomic E-state index is 10.9. The van der Waals surface area contributed by atoms with E-state index in [1.165, 1.54) is 20.0 Å². The summed E-state index contributed by atoms with van der Waals surface area (Å²) in [5.74, 6) is 3.32. The molecule has 0 bridgehead atoms. The maximum atomic E-state index is 10.9. The van der Waals surface area contributed by atoms with Gasteiger partial charge in [-0.1, -0.05) is 68.9 Å². The Morgan fingerprint density at radius 1 is 0.631 bits per heavy atom. The number of aliphatic hydroxyl groups excluding tert-OH is 3. The first-order valence-corrected chi connectivity index (χ1v) is 31.4. The minimum absolute atomic E-state index is 0.00765. The first-order chi connectivity index (χ1) is 38.5. The number of aliphatic hydroxyl groups is 3. The number of amides is 1. The topological polar surface area (TPSA) is 225 Å². The largest absolute Gasteiger partial charge is 0.512 e. The van der Waals surface area contributed by atoms with Crippen molar-refractivity contribution >= 4 is 11.9 Å². The zero-order chi connectivity index (χ0) is 67.0. The minimum atomic E-state index is -0.322. The Labute approximate surface area is 520 Å². The van der Waals surface area contributed by atoms with E-state index in [-0.39, 0.29) is 46.6 Å². The molecule has 19 heteroatoms. The number of hydrogen-bond acceptors (Lipinski definition) is 18. The van der Waals surface area contributed by atoms with Crippen molar-refractivity contribution in [2.45, 2.75) is 193 Å². The molecule has 3 aliphatic heterocycles. The van der Waals surface area contributed by atoms with Crippen LogP contribution in [0.2, 0.25) is 0 Å². The van der Waals surface area contributed by atoms with E-state index in [4.69, 9.17) is 44.7 Å². The Morgan fingerprint density at radius 3 is 1.29 bits per heavy atom. The lowest BCUT2D eigenvalue weighted by molar-refractivity contribution is -0.141. The number of nitrogens with zero attached hydrogens (tertiary/aromatic N) is 4. The fraction of sp³-hybridized carbons (Fsp3) is 0.938. The maximum Gasteiger partial charge on any atom is 0.319 e. The number of methoxy groups -OCH3 is 1. The summed E-state index contributed by atoms with van der Waals surface area (Å²) >= 11 is 0. The monoisotopic (exact) mass is 1220 g/mol. The van der Waals surface area contributed by atoms with E-state index in [0.29, 0.717) is 51.4 Å². The van der Waals surface area contributed by atoms with Crippen molar-refractivity contribution in [2.24, 2.45) is 35.3 Å². The number of likely N-dealkylation sites (N-methyl/N-ethyl adjacent to an activating group) is 4. The Hall–Kier alpha value is -2.08. The third kappa shape index (κ3) is 108. The van der Waals surface area contributed by atoms with Crippen LogP contribution < -0.4 is 21.7 Å². The van der Waals surface area contributed by atoms with Gasteiger partial charge in [-0.15, -0.1) is 0 Å². The van der Waals surface area contributed by atoms with Crippen molar-refractivity contribution in [3.63, 3.8) is 0 Å². The number of nitrogens with two attached hydrogens (primary N) is 1. The zero-order valence-corrected chi connectivity index (χ0v) is 60.2. The third-order valence-electron chi connectivity index (χ3n) is 10.2. The van der Waals surface area contributed by atoms with Crippen LogP contribution in [0.25, 0.3) is 0 Å². The zero-order valence-electron chi connectivity index (χ0n) is 60.2. The second-order valence-corrected chi connectivity index (χ2v) is 27.5. The lowest BCUT2D eigenvalue weighted by Gasteiger charge is -2.28. The number of nitrogens with one attached hydrogen (secondary N) is 3. The van der Waals surface area contributed by atoms with Crippen LogP contribution >= 0.6 is 0 Å². The van der Waals surface area contributed by atoms with E-state index in [1.54, 1.807) is 7.05 Å². The number of hydrogen-bond donors (Lipinski definition) is 7. The molecule has 0 saturated carbocycles. The third-order valence-corrected chi connectivity index (χ3v) is 10.2. The van der Waals surface area contributed by atoms with Crippen LogP contribution in [0.1, 0.15) is 171 Å². The molecular formula is C65H146N8O11. The Kier molecular flexibility index (Phi) is 69.6. The fourth-order valence-corrected chi connectivity index (χ4v) is 6.02. The van der Waals surface area contributed by atoms with Gasteiger partial charge in [-0.25, -0.2) is 0 Å². The Balaban J connectivity index is -0.000000161. The second kappa shape index (κ2) is 61.2. The van der Waals surface area contributed by atoms with E-state index in [1.807, 2.05) is 72.5 Å². The summed E-state index contributed by atoms with van der Waals surface area (Å²) in [7, 11) is 10.9. The molecule has 3 fully saturated rings. The number of ether oxygens (including phenoxy) is 6. The lowest BCUT2D eigenvalue weighted by Crippen LogP contribution is -2.39. The number of morpholine rings is 1. The molecule has 0 aromatic rings. The number of primary amides is 1. The van der Waals surface area contributed by atoms with Gasteiger partial charge < -0.3 is 70.3 Å². The molecule has 1 amide bonds. The number of rotatable bonds is 20. The van der Waals surface area contributed by atoms with Crippen molar-refractivity contribution in [1.29, 1.82) is 0 Å². The number of likely N-dealkylation sites (tertiary alicyclic amines) is 1. The average molecular weight is 1220 g/mol. The summed E-state index contributed by atoms with van der Waals surface area (Å²) in [6, 6.07) is 0. The molecular weight excluding hydrogens is 1070 g/mol. The van der Waals surface area contributed by atoms with Crippen LogP contribution in [0.3, 0.4) is 0 Å². The van der Waals surface area contributed by atoms with Crippen molar-refractivity contribution in [3.8, 4) is 0 Å². The first kappa shape index (κ1) is 95.6. The molecule has 3 heterocycles. The molecule has 0 aromatic heterocycles. The normalized spacial score (nSPS) is 15.1. The summed E-state index contributed by atoms with van der Waals surface area (Å²) < 4.78 is 31.9. The van der Waals surface area contributed by atoms with Gasteiger partial charge >= 0.3 is 5.97 Å². The highest BCUT2D eigenvalue weighted by Crippen LogP contribution is 2.14. The number of esters is 1. The lowest BCUT2D eigenvalue weighted by atomic mass is 9.98. The van der Waals surface area contributed by atoms with Gasteiger partial charge in [0.2, 0.25) is 5.91 Å². The van der Waals surface area contributed by atoms with E-state index < -0.39 is 0 Å². The van der Waals surface area contributed by atoms with Gasteiger partial charge in [-0.05, 0) is 200 Å². The molecule has 0 spiro atoms. The second-order valence-electron chi connectivity index (χ2n) is 27.5. The number of piperidine rings is 2. The molecule has 8 N–H and O–H groups in total. The number of carbonyl (C=O) groups is 2. The molecule has 84 heavy (non-hydrogen) atoms. The highest BCUT2D eigenvalue weighted by Gasteiger charge is 2.16. The standard InChI is InChI=1S/C10H21NO3.2C10H21NO2.C7H15NO.C7H17NO.C6H13NO.3C4H10.C3H8N2O/c1-10(2,3)14-7-6-11(4)8-9(12)13-5;1-10(2,3)13-9-6-11-4-7-12-8-5-11;1-9(12)8-11(5)6-7-13-10(2,3)4;1-8-4-2-7(6-9)3-5-8;1-7(2,3)9-6-5-8-4;8-5-6-1-3-7-4-2-6;3*1-4(2)3;1-5-2-3(4)6/h6-8H2,1-5H3;4-9H2,1-3H3;12H,1,6-8H2,2-5H3;7,9H,2-6H2,1H3;8H,5-6H2,1-4H3;6-8H,1-5H2;3*4H,1-3H3;5H,2H2,1H3,(H2,4,6). The summed E-state index contributed by atoms with van der Waals surface area (Å²) in [4.78, 5) is 29.2. The van der Waals surface area contributed by atoms with Crippen LogP contribution in [0.5, 0.6) is 0 Å².